The molecule has 0 heterocycles. The number of carboxylic acid groups (broad SMARTS) is 4. The zero-order valence-electron chi connectivity index (χ0n) is 10.0. The monoisotopic (exact) mass is 294 g/mol. The van der Waals surface area contributed by atoms with E-state index in [1.807, 2.05) is 10.6 Å². The summed E-state index contributed by atoms with van der Waals surface area (Å²) in [6, 6.07) is -3.86. The van der Waals surface area contributed by atoms with E-state index in [9.17, 15) is 24.3 Å². The lowest BCUT2D eigenvalue weighted by molar-refractivity contribution is -0.152. The van der Waals surface area contributed by atoms with E-state index in [-0.39, 0.29) is 0 Å². The molecule has 0 saturated heterocycles. The van der Waals surface area contributed by atoms with Gasteiger partial charge in [-0.3, -0.25) is 10.6 Å². The van der Waals surface area contributed by atoms with Gasteiger partial charge in [-0.1, -0.05) is 0 Å². The number of nitrogens with one attached hydrogen (secondary N) is 2. The van der Waals surface area contributed by atoms with Crippen LogP contribution in [0, 0.1) is 0 Å². The van der Waals surface area contributed by atoms with Gasteiger partial charge in [-0.15, -0.1) is 0 Å². The highest BCUT2D eigenvalue weighted by Gasteiger charge is 2.28. The quantitative estimate of drug-likeness (QED) is 0.198. The Balaban J connectivity index is 4.26. The van der Waals surface area contributed by atoms with Gasteiger partial charge in [0.15, 0.2) is 0 Å². The highest BCUT2D eigenvalue weighted by molar-refractivity contribution is 5.97. The highest BCUT2D eigenvalue weighted by atomic mass is 16.4. The van der Waals surface area contributed by atoms with Crippen molar-refractivity contribution >= 4 is 23.9 Å². The van der Waals surface area contributed by atoms with Crippen molar-refractivity contribution in [3.63, 3.8) is 0 Å². The molecule has 0 bridgehead atoms. The van der Waals surface area contributed by atoms with Crippen LogP contribution in [0.25, 0.3) is 0 Å². The van der Waals surface area contributed by atoms with Crippen molar-refractivity contribution in [2.45, 2.75) is 18.2 Å². The van der Waals surface area contributed by atoms with Gasteiger partial charge in [0.25, 0.3) is 0 Å². The summed E-state index contributed by atoms with van der Waals surface area (Å²) >= 11 is 0. The standard InChI is InChI=1S/C9H14N2O9/c12-3(1-10-4(6(13)14)7(15)16)2-11-5(8(17)18)9(19)20/h3-5,10-12H,1-2H2,(H,13,14)(H,15,16)(H,17,18)(H,19,20). The average molecular weight is 294 g/mol. The van der Waals surface area contributed by atoms with Crippen molar-refractivity contribution in [1.29, 1.82) is 0 Å². The van der Waals surface area contributed by atoms with E-state index in [1.165, 1.54) is 0 Å². The Hall–Kier alpha value is -2.24. The zero-order valence-corrected chi connectivity index (χ0v) is 10.0. The largest absolute Gasteiger partial charge is 0.480 e. The smallest absolute Gasteiger partial charge is 0.332 e. The lowest BCUT2D eigenvalue weighted by Gasteiger charge is -2.16. The molecule has 20 heavy (non-hydrogen) atoms. The number of aliphatic hydroxyl groups excluding tert-OH is 1. The van der Waals surface area contributed by atoms with E-state index in [2.05, 4.69) is 0 Å². The summed E-state index contributed by atoms with van der Waals surface area (Å²) in [5.74, 6) is -6.64. The van der Waals surface area contributed by atoms with Gasteiger partial charge in [0.05, 0.1) is 6.10 Å². The topological polar surface area (TPSA) is 193 Å². The number of aliphatic carboxylic acids is 4. The molecule has 0 radical (unpaired) electrons. The molecule has 0 aromatic heterocycles. The maximum Gasteiger partial charge on any atom is 0.332 e. The molecule has 0 amide bonds. The van der Waals surface area contributed by atoms with Crippen LogP contribution in [0.4, 0.5) is 0 Å². The summed E-state index contributed by atoms with van der Waals surface area (Å²) in [5, 5.41) is 47.5. The number of carboxylic acids is 4. The third kappa shape index (κ3) is 6.08. The van der Waals surface area contributed by atoms with Crippen LogP contribution in [0.15, 0.2) is 0 Å². The molecule has 0 atom stereocenters. The Labute approximate surface area is 111 Å². The Morgan fingerprint density at radius 3 is 1.15 bits per heavy atom. The lowest BCUT2D eigenvalue weighted by Crippen LogP contribution is -2.50. The van der Waals surface area contributed by atoms with Crippen molar-refractivity contribution in [2.24, 2.45) is 0 Å². The molecule has 0 aromatic rings. The normalized spacial score (nSPS) is 11.0. The van der Waals surface area contributed by atoms with Gasteiger partial charge in [0.1, 0.15) is 0 Å². The molecule has 0 aliphatic rings. The van der Waals surface area contributed by atoms with Crippen LogP contribution < -0.4 is 10.6 Å². The number of carbonyl (C=O) groups is 4. The Morgan fingerprint density at radius 1 is 0.700 bits per heavy atom. The van der Waals surface area contributed by atoms with Gasteiger partial charge in [0, 0.05) is 13.1 Å². The van der Waals surface area contributed by atoms with Crippen LogP contribution in [0.1, 0.15) is 0 Å². The van der Waals surface area contributed by atoms with E-state index < -0.39 is 55.2 Å². The minimum Gasteiger partial charge on any atom is -0.480 e. The van der Waals surface area contributed by atoms with Crippen molar-refractivity contribution in [3.8, 4) is 0 Å². The Kier molecular flexibility index (Phi) is 7.14. The summed E-state index contributed by atoms with van der Waals surface area (Å²) in [5.41, 5.74) is 0. The van der Waals surface area contributed by atoms with Gasteiger partial charge in [-0.25, -0.2) is 19.2 Å². The third-order valence-electron chi connectivity index (χ3n) is 2.10. The van der Waals surface area contributed by atoms with E-state index >= 15 is 0 Å². The van der Waals surface area contributed by atoms with E-state index in [1.54, 1.807) is 0 Å². The first-order valence-corrected chi connectivity index (χ1v) is 5.22. The summed E-state index contributed by atoms with van der Waals surface area (Å²) in [6.45, 7) is -0.968. The fourth-order valence-electron chi connectivity index (χ4n) is 1.14. The van der Waals surface area contributed by atoms with Crippen LogP contribution in [0.5, 0.6) is 0 Å². The second-order valence-electron chi connectivity index (χ2n) is 3.69. The number of aliphatic hydroxyl groups is 1. The SMILES string of the molecule is O=C(O)C(NCC(O)CNC(C(=O)O)C(=O)O)C(=O)O. The minimum atomic E-state index is -1.93. The van der Waals surface area contributed by atoms with E-state index in [4.69, 9.17) is 20.4 Å². The molecule has 0 unspecified atom stereocenters. The molecule has 0 aromatic carbocycles. The molecular formula is C9H14N2O9. The molecule has 0 aliphatic heterocycles. The summed E-state index contributed by atoms with van der Waals surface area (Å²) in [7, 11) is 0. The maximum absolute atomic E-state index is 10.5. The molecule has 114 valence electrons. The molecule has 11 nitrogen and oxygen atoms in total. The van der Waals surface area contributed by atoms with Crippen molar-refractivity contribution in [1.82, 2.24) is 10.6 Å². The third-order valence-corrected chi connectivity index (χ3v) is 2.10. The van der Waals surface area contributed by atoms with Crippen molar-refractivity contribution < 1.29 is 44.7 Å². The van der Waals surface area contributed by atoms with Crippen LogP contribution in [-0.2, 0) is 19.2 Å². The predicted octanol–water partition coefficient (Wildman–Crippen LogP) is -3.40. The maximum atomic E-state index is 10.5. The molecule has 7 N–H and O–H groups in total. The van der Waals surface area contributed by atoms with Crippen LogP contribution in [0.2, 0.25) is 0 Å². The second kappa shape index (κ2) is 8.04. The van der Waals surface area contributed by atoms with Gasteiger partial charge in [-0.2, -0.15) is 0 Å². The zero-order chi connectivity index (χ0) is 15.9. The van der Waals surface area contributed by atoms with Crippen LogP contribution in [0.3, 0.4) is 0 Å². The average Bonchev–Trinajstić information content (AvgIpc) is 2.27. The predicted molar refractivity (Wildman–Crippen MR) is 60.1 cm³/mol. The molecular weight excluding hydrogens is 280 g/mol. The van der Waals surface area contributed by atoms with Crippen molar-refractivity contribution in [2.75, 3.05) is 13.1 Å². The van der Waals surface area contributed by atoms with Crippen LogP contribution in [-0.4, -0.2) is 80.7 Å². The molecule has 0 fully saturated rings. The highest BCUT2D eigenvalue weighted by Crippen LogP contribution is 1.89. The summed E-state index contributed by atoms with van der Waals surface area (Å²) < 4.78 is 0. The van der Waals surface area contributed by atoms with Gasteiger partial charge < -0.3 is 25.5 Å². The number of rotatable bonds is 10. The first-order valence-electron chi connectivity index (χ1n) is 5.22. The molecule has 0 rings (SSSR count). The summed E-state index contributed by atoms with van der Waals surface area (Å²) in [4.78, 5) is 42.0. The Morgan fingerprint density at radius 2 is 0.950 bits per heavy atom. The summed E-state index contributed by atoms with van der Waals surface area (Å²) in [6.07, 6.45) is -1.38. The van der Waals surface area contributed by atoms with Crippen molar-refractivity contribution in [3.05, 3.63) is 0 Å². The molecule has 0 saturated carbocycles. The van der Waals surface area contributed by atoms with E-state index in [0.717, 1.165) is 0 Å². The molecule has 11 heteroatoms. The number of hydrogen-bond donors (Lipinski definition) is 7. The van der Waals surface area contributed by atoms with Gasteiger partial charge in [0.2, 0.25) is 12.1 Å². The Bertz CT molecular complexity index is 333. The first kappa shape index (κ1) is 17.8. The fraction of sp³-hybridized carbons (Fsp3) is 0.556. The second-order valence-corrected chi connectivity index (χ2v) is 3.69. The lowest BCUT2D eigenvalue weighted by atomic mass is 10.2. The first-order chi connectivity index (χ1) is 9.16. The number of hydrogen-bond acceptors (Lipinski definition) is 7. The minimum absolute atomic E-state index is 0.484. The molecule has 0 aliphatic carbocycles. The van der Waals surface area contributed by atoms with Gasteiger partial charge >= 0.3 is 23.9 Å². The fourth-order valence-corrected chi connectivity index (χ4v) is 1.14. The molecule has 0 spiro atoms. The van der Waals surface area contributed by atoms with Gasteiger partial charge in [-0.05, 0) is 0 Å². The van der Waals surface area contributed by atoms with Crippen LogP contribution >= 0.6 is 0 Å². The van der Waals surface area contributed by atoms with E-state index in [0.29, 0.717) is 0 Å².